The molecular formula is C12H20N4O3. The number of hydrogen-bond acceptors (Lipinski definition) is 6. The molecule has 1 aromatic heterocycles. The van der Waals surface area contributed by atoms with Crippen molar-refractivity contribution in [3.05, 3.63) is 22.2 Å². The molecule has 1 aromatic rings. The zero-order valence-electron chi connectivity index (χ0n) is 11.2. The maximum absolute atomic E-state index is 11.0. The quantitative estimate of drug-likeness (QED) is 0.492. The van der Waals surface area contributed by atoms with Gasteiger partial charge in [-0.05, 0) is 25.8 Å². The molecule has 1 heterocycles. The number of aliphatic hydroxyl groups is 1. The number of pyridine rings is 1. The van der Waals surface area contributed by atoms with Gasteiger partial charge in [-0.1, -0.05) is 6.92 Å². The molecule has 0 aliphatic rings. The van der Waals surface area contributed by atoms with Crippen molar-refractivity contribution in [2.75, 3.05) is 23.8 Å². The summed E-state index contributed by atoms with van der Waals surface area (Å²) in [7, 11) is 0. The Bertz CT molecular complexity index is 425. The van der Waals surface area contributed by atoms with Crippen molar-refractivity contribution in [1.82, 2.24) is 4.98 Å². The van der Waals surface area contributed by atoms with Crippen molar-refractivity contribution < 1.29 is 10.0 Å². The van der Waals surface area contributed by atoms with Gasteiger partial charge in [-0.15, -0.1) is 0 Å². The summed E-state index contributed by atoms with van der Waals surface area (Å²) >= 11 is 0. The van der Waals surface area contributed by atoms with Crippen LogP contribution in [-0.4, -0.2) is 34.2 Å². The second kappa shape index (κ2) is 7.52. The normalized spacial score (nSPS) is 11.9. The van der Waals surface area contributed by atoms with Crippen molar-refractivity contribution in [3.8, 4) is 0 Å². The van der Waals surface area contributed by atoms with E-state index < -0.39 is 4.92 Å². The van der Waals surface area contributed by atoms with Crippen LogP contribution in [0.25, 0.3) is 0 Å². The lowest BCUT2D eigenvalue weighted by Crippen LogP contribution is -2.21. The Morgan fingerprint density at radius 2 is 2.21 bits per heavy atom. The summed E-state index contributed by atoms with van der Waals surface area (Å²) in [5.41, 5.74) is -0.0574. The predicted octanol–water partition coefficient (Wildman–Crippen LogP) is 1.99. The smallest absolute Gasteiger partial charge is 0.311 e. The molecule has 0 aromatic carbocycles. The van der Waals surface area contributed by atoms with E-state index in [1.54, 1.807) is 6.07 Å². The van der Waals surface area contributed by atoms with Crippen molar-refractivity contribution in [2.24, 2.45) is 0 Å². The lowest BCUT2D eigenvalue weighted by molar-refractivity contribution is -0.384. The van der Waals surface area contributed by atoms with Crippen LogP contribution >= 0.6 is 0 Å². The van der Waals surface area contributed by atoms with E-state index in [-0.39, 0.29) is 24.2 Å². The SMILES string of the molecule is CCNc1ccc([N+](=O)[O-])c(NC(CC)CCO)n1. The fourth-order valence-electron chi connectivity index (χ4n) is 1.71. The standard InChI is InChI=1S/C12H20N4O3/c1-3-9(7-8-17)14-12-10(16(18)19)5-6-11(15-12)13-4-2/h5-6,9,17H,3-4,7-8H2,1-2H3,(H2,13,14,15). The van der Waals surface area contributed by atoms with E-state index >= 15 is 0 Å². The van der Waals surface area contributed by atoms with Crippen LogP contribution in [0.5, 0.6) is 0 Å². The fourth-order valence-corrected chi connectivity index (χ4v) is 1.71. The summed E-state index contributed by atoms with van der Waals surface area (Å²) in [6.07, 6.45) is 1.28. The summed E-state index contributed by atoms with van der Waals surface area (Å²) in [5, 5.41) is 26.0. The average Bonchev–Trinajstić information content (AvgIpc) is 2.38. The highest BCUT2D eigenvalue weighted by Gasteiger charge is 2.18. The maximum atomic E-state index is 11.0. The van der Waals surface area contributed by atoms with Crippen molar-refractivity contribution in [1.29, 1.82) is 0 Å². The number of aliphatic hydroxyl groups excluding tert-OH is 1. The third kappa shape index (κ3) is 4.36. The van der Waals surface area contributed by atoms with Crippen LogP contribution in [0, 0.1) is 10.1 Å². The van der Waals surface area contributed by atoms with Gasteiger partial charge in [-0.2, -0.15) is 0 Å². The topological polar surface area (TPSA) is 100 Å². The van der Waals surface area contributed by atoms with Crippen molar-refractivity contribution in [2.45, 2.75) is 32.7 Å². The van der Waals surface area contributed by atoms with Gasteiger partial charge >= 0.3 is 5.69 Å². The Morgan fingerprint density at radius 1 is 1.47 bits per heavy atom. The van der Waals surface area contributed by atoms with Gasteiger partial charge in [0.2, 0.25) is 5.82 Å². The number of hydrogen-bond donors (Lipinski definition) is 3. The summed E-state index contributed by atoms with van der Waals surface area (Å²) in [5.74, 6) is 0.832. The van der Waals surface area contributed by atoms with Gasteiger partial charge in [0.15, 0.2) is 0 Å². The highest BCUT2D eigenvalue weighted by Crippen LogP contribution is 2.25. The number of nitrogens with zero attached hydrogens (tertiary/aromatic N) is 2. The summed E-state index contributed by atoms with van der Waals surface area (Å²) in [6, 6.07) is 2.98. The molecule has 1 atom stereocenters. The molecule has 0 saturated carbocycles. The van der Waals surface area contributed by atoms with Crippen molar-refractivity contribution in [3.63, 3.8) is 0 Å². The molecule has 0 fully saturated rings. The minimum absolute atomic E-state index is 0.0339. The second-order valence-corrected chi connectivity index (χ2v) is 4.11. The number of aromatic nitrogens is 1. The highest BCUT2D eigenvalue weighted by atomic mass is 16.6. The van der Waals surface area contributed by atoms with Crippen LogP contribution < -0.4 is 10.6 Å². The molecule has 3 N–H and O–H groups in total. The second-order valence-electron chi connectivity index (χ2n) is 4.11. The molecule has 0 radical (unpaired) electrons. The molecule has 0 aliphatic carbocycles. The first-order valence-electron chi connectivity index (χ1n) is 6.39. The lowest BCUT2D eigenvalue weighted by Gasteiger charge is -2.16. The summed E-state index contributed by atoms with van der Waals surface area (Å²) in [4.78, 5) is 14.7. The van der Waals surface area contributed by atoms with Crippen LogP contribution in [0.3, 0.4) is 0 Å². The van der Waals surface area contributed by atoms with Crippen molar-refractivity contribution >= 4 is 17.3 Å². The molecule has 0 amide bonds. The van der Waals surface area contributed by atoms with Crippen LogP contribution in [0.15, 0.2) is 12.1 Å². The Labute approximate surface area is 112 Å². The van der Waals surface area contributed by atoms with E-state index in [0.717, 1.165) is 6.42 Å². The first-order chi connectivity index (χ1) is 9.12. The van der Waals surface area contributed by atoms with Crippen LogP contribution in [-0.2, 0) is 0 Å². The first-order valence-corrected chi connectivity index (χ1v) is 6.39. The van der Waals surface area contributed by atoms with E-state index in [2.05, 4.69) is 15.6 Å². The van der Waals surface area contributed by atoms with E-state index in [1.165, 1.54) is 6.07 Å². The number of nitro groups is 1. The molecule has 7 heteroatoms. The van der Waals surface area contributed by atoms with E-state index in [0.29, 0.717) is 18.8 Å². The number of anilines is 2. The van der Waals surface area contributed by atoms with Crippen LogP contribution in [0.2, 0.25) is 0 Å². The van der Waals surface area contributed by atoms with E-state index in [1.807, 2.05) is 13.8 Å². The number of rotatable bonds is 8. The third-order valence-corrected chi connectivity index (χ3v) is 2.74. The Balaban J connectivity index is 2.99. The molecule has 1 rings (SSSR count). The predicted molar refractivity (Wildman–Crippen MR) is 74.5 cm³/mol. The minimum Gasteiger partial charge on any atom is -0.396 e. The molecule has 0 aliphatic heterocycles. The van der Waals surface area contributed by atoms with E-state index in [4.69, 9.17) is 5.11 Å². The molecule has 0 bridgehead atoms. The van der Waals surface area contributed by atoms with Gasteiger partial charge in [-0.25, -0.2) is 4.98 Å². The zero-order chi connectivity index (χ0) is 14.3. The van der Waals surface area contributed by atoms with Crippen LogP contribution in [0.1, 0.15) is 26.7 Å². The number of nitrogens with one attached hydrogen (secondary N) is 2. The molecular weight excluding hydrogens is 248 g/mol. The monoisotopic (exact) mass is 268 g/mol. The summed E-state index contributed by atoms with van der Waals surface area (Å²) < 4.78 is 0. The zero-order valence-corrected chi connectivity index (χ0v) is 11.2. The summed E-state index contributed by atoms with van der Waals surface area (Å²) in [6.45, 7) is 4.61. The molecule has 7 nitrogen and oxygen atoms in total. The Kier molecular flexibility index (Phi) is 6.01. The third-order valence-electron chi connectivity index (χ3n) is 2.74. The molecule has 0 spiro atoms. The lowest BCUT2D eigenvalue weighted by atomic mass is 10.1. The van der Waals surface area contributed by atoms with Gasteiger partial charge in [0.25, 0.3) is 0 Å². The maximum Gasteiger partial charge on any atom is 0.311 e. The average molecular weight is 268 g/mol. The molecule has 106 valence electrons. The fraction of sp³-hybridized carbons (Fsp3) is 0.583. The van der Waals surface area contributed by atoms with Gasteiger partial charge in [-0.3, -0.25) is 10.1 Å². The van der Waals surface area contributed by atoms with Gasteiger partial charge in [0, 0.05) is 25.3 Å². The van der Waals surface area contributed by atoms with Gasteiger partial charge < -0.3 is 15.7 Å². The molecule has 1 unspecified atom stereocenters. The minimum atomic E-state index is -0.462. The Morgan fingerprint density at radius 3 is 2.74 bits per heavy atom. The molecule has 19 heavy (non-hydrogen) atoms. The Hall–Kier alpha value is -1.89. The highest BCUT2D eigenvalue weighted by molar-refractivity contribution is 5.60. The molecule has 0 saturated heterocycles. The van der Waals surface area contributed by atoms with E-state index in [9.17, 15) is 10.1 Å². The van der Waals surface area contributed by atoms with Gasteiger partial charge in [0.1, 0.15) is 5.82 Å². The van der Waals surface area contributed by atoms with Crippen LogP contribution in [0.4, 0.5) is 17.3 Å². The van der Waals surface area contributed by atoms with Gasteiger partial charge in [0.05, 0.1) is 4.92 Å². The first kappa shape index (κ1) is 15.2. The largest absolute Gasteiger partial charge is 0.396 e.